The van der Waals surface area contributed by atoms with Gasteiger partial charge in [-0.15, -0.1) is 11.8 Å². The van der Waals surface area contributed by atoms with Crippen LogP contribution in [-0.4, -0.2) is 48.7 Å². The molecule has 0 radical (unpaired) electrons. The van der Waals surface area contributed by atoms with Gasteiger partial charge in [-0.1, -0.05) is 37.6 Å². The van der Waals surface area contributed by atoms with Crippen LogP contribution in [-0.2, 0) is 27.0 Å². The molecule has 0 saturated carbocycles. The monoisotopic (exact) mass is 402 g/mol. The van der Waals surface area contributed by atoms with Gasteiger partial charge in [0.2, 0.25) is 0 Å². The average Bonchev–Trinajstić information content (AvgIpc) is 3.35. The Hall–Kier alpha value is -1.77. The number of benzene rings is 1. The number of hydrogen-bond acceptors (Lipinski definition) is 6. The number of thioether (sulfide) groups is 1. The van der Waals surface area contributed by atoms with Gasteiger partial charge in [0, 0.05) is 13.0 Å². The van der Waals surface area contributed by atoms with Crippen molar-refractivity contribution in [2.24, 2.45) is 0 Å². The van der Waals surface area contributed by atoms with Crippen molar-refractivity contribution < 1.29 is 18.8 Å². The average molecular weight is 402 g/mol. The lowest BCUT2D eigenvalue weighted by Crippen LogP contribution is -2.31. The van der Waals surface area contributed by atoms with Gasteiger partial charge in [-0.25, -0.2) is 9.78 Å². The Morgan fingerprint density at radius 2 is 1.96 bits per heavy atom. The van der Waals surface area contributed by atoms with Crippen molar-refractivity contribution in [3.05, 3.63) is 41.3 Å². The first-order valence-corrected chi connectivity index (χ1v) is 11.0. The molecule has 0 atom stereocenters. The Morgan fingerprint density at radius 3 is 2.57 bits per heavy atom. The highest BCUT2D eigenvalue weighted by atomic mass is 32.2. The number of hydrogen-bond donors (Lipinski definition) is 0. The zero-order valence-corrected chi connectivity index (χ0v) is 17.6. The number of aryl methyl sites for hydroxylation is 1. The fourth-order valence-corrected chi connectivity index (χ4v) is 3.81. The van der Waals surface area contributed by atoms with Crippen molar-refractivity contribution in [3.63, 3.8) is 0 Å². The standard InChI is InChI=1S/C20H27BN2O4S/c1-4-6-7-17-22-19(28-3)18(20(24)25-5-2)23(17)14-15-8-10-16(11-9-15)21-26-12-13-27-21/h8-11H,4-7,12-14H2,1-3H3. The molecule has 0 unspecified atom stereocenters. The van der Waals surface area contributed by atoms with Crippen molar-refractivity contribution in [1.82, 2.24) is 9.55 Å². The summed E-state index contributed by atoms with van der Waals surface area (Å²) in [6.45, 7) is 6.15. The minimum atomic E-state index is -0.313. The highest BCUT2D eigenvalue weighted by molar-refractivity contribution is 7.98. The van der Waals surface area contributed by atoms with E-state index in [4.69, 9.17) is 19.0 Å². The first-order valence-electron chi connectivity index (χ1n) is 9.80. The fraction of sp³-hybridized carbons (Fsp3) is 0.500. The van der Waals surface area contributed by atoms with Crippen molar-refractivity contribution >= 4 is 30.3 Å². The third kappa shape index (κ3) is 4.80. The molecular weight excluding hydrogens is 375 g/mol. The van der Waals surface area contributed by atoms with Crippen LogP contribution in [0.5, 0.6) is 0 Å². The third-order valence-electron chi connectivity index (χ3n) is 4.65. The lowest BCUT2D eigenvalue weighted by atomic mass is 9.79. The minimum absolute atomic E-state index is 0.277. The Morgan fingerprint density at radius 1 is 1.25 bits per heavy atom. The van der Waals surface area contributed by atoms with Crippen LogP contribution in [0.4, 0.5) is 0 Å². The summed E-state index contributed by atoms with van der Waals surface area (Å²) in [5.74, 6) is 0.618. The molecule has 150 valence electrons. The van der Waals surface area contributed by atoms with Gasteiger partial charge in [-0.05, 0) is 30.6 Å². The van der Waals surface area contributed by atoms with Crippen molar-refractivity contribution in [1.29, 1.82) is 0 Å². The molecule has 2 aromatic rings. The van der Waals surface area contributed by atoms with Crippen LogP contribution >= 0.6 is 11.8 Å². The van der Waals surface area contributed by atoms with E-state index in [1.807, 2.05) is 29.9 Å². The molecule has 3 rings (SSSR count). The maximum Gasteiger partial charge on any atom is 0.494 e. The van der Waals surface area contributed by atoms with E-state index in [2.05, 4.69) is 19.1 Å². The minimum Gasteiger partial charge on any atom is -0.461 e. The summed E-state index contributed by atoms with van der Waals surface area (Å²) in [5, 5.41) is 0.730. The van der Waals surface area contributed by atoms with Crippen LogP contribution in [0.15, 0.2) is 29.3 Å². The summed E-state index contributed by atoms with van der Waals surface area (Å²) in [5.41, 5.74) is 2.65. The topological polar surface area (TPSA) is 62.6 Å². The van der Waals surface area contributed by atoms with Gasteiger partial charge in [0.15, 0.2) is 5.69 Å². The fourth-order valence-electron chi connectivity index (χ4n) is 3.22. The molecule has 1 fully saturated rings. The summed E-state index contributed by atoms with van der Waals surface area (Å²) < 4.78 is 18.4. The van der Waals surface area contributed by atoms with Crippen molar-refractivity contribution in [2.45, 2.75) is 44.7 Å². The highest BCUT2D eigenvalue weighted by Crippen LogP contribution is 2.24. The molecule has 8 heteroatoms. The van der Waals surface area contributed by atoms with Crippen LogP contribution in [0.1, 0.15) is 48.6 Å². The van der Waals surface area contributed by atoms with Crippen molar-refractivity contribution in [2.75, 3.05) is 26.1 Å². The Balaban J connectivity index is 1.89. The van der Waals surface area contributed by atoms with Gasteiger partial charge in [0.05, 0.1) is 19.8 Å². The number of imidazole rings is 1. The summed E-state index contributed by atoms with van der Waals surface area (Å²) in [6.07, 6.45) is 4.88. The number of ether oxygens (including phenoxy) is 1. The van der Waals surface area contributed by atoms with E-state index in [-0.39, 0.29) is 13.1 Å². The number of carbonyl (C=O) groups excluding carboxylic acids is 1. The molecule has 1 aromatic carbocycles. The summed E-state index contributed by atoms with van der Waals surface area (Å²) >= 11 is 1.48. The predicted molar refractivity (Wildman–Crippen MR) is 111 cm³/mol. The molecule has 0 aliphatic carbocycles. The van der Waals surface area contributed by atoms with Gasteiger partial charge in [0.1, 0.15) is 10.9 Å². The van der Waals surface area contributed by atoms with E-state index in [0.29, 0.717) is 32.1 Å². The Labute approximate surface area is 171 Å². The largest absolute Gasteiger partial charge is 0.494 e. The van der Waals surface area contributed by atoms with Crippen LogP contribution in [0, 0.1) is 0 Å². The molecular formula is C20H27BN2O4S. The predicted octanol–water partition coefficient (Wildman–Crippen LogP) is 2.91. The lowest BCUT2D eigenvalue weighted by Gasteiger charge is -2.13. The zero-order valence-electron chi connectivity index (χ0n) is 16.8. The quantitative estimate of drug-likeness (QED) is 0.365. The van der Waals surface area contributed by atoms with Gasteiger partial charge >= 0.3 is 13.1 Å². The van der Waals surface area contributed by atoms with E-state index in [0.717, 1.165) is 41.1 Å². The van der Waals surface area contributed by atoms with Gasteiger partial charge < -0.3 is 18.6 Å². The second-order valence-corrected chi connectivity index (χ2v) is 7.41. The maximum atomic E-state index is 12.6. The Kier molecular flexibility index (Phi) is 7.59. The number of aromatic nitrogens is 2. The number of unbranched alkanes of at least 4 members (excludes halogenated alkanes) is 1. The van der Waals surface area contributed by atoms with E-state index < -0.39 is 0 Å². The molecule has 1 aromatic heterocycles. The summed E-state index contributed by atoms with van der Waals surface area (Å²) in [4.78, 5) is 17.4. The second-order valence-electron chi connectivity index (χ2n) is 6.61. The molecule has 0 spiro atoms. The third-order valence-corrected chi connectivity index (χ3v) is 5.32. The maximum absolute atomic E-state index is 12.6. The summed E-state index contributed by atoms with van der Waals surface area (Å²) in [6, 6.07) is 8.15. The lowest BCUT2D eigenvalue weighted by molar-refractivity contribution is 0.0509. The Bertz CT molecular complexity index is 788. The number of nitrogens with zero attached hydrogens (tertiary/aromatic N) is 2. The highest BCUT2D eigenvalue weighted by Gasteiger charge is 2.26. The zero-order chi connectivity index (χ0) is 19.9. The number of rotatable bonds is 9. The van der Waals surface area contributed by atoms with E-state index in [9.17, 15) is 4.79 Å². The van der Waals surface area contributed by atoms with Crippen LogP contribution in [0.2, 0.25) is 0 Å². The first kappa shape index (κ1) is 21.0. The van der Waals surface area contributed by atoms with Crippen LogP contribution < -0.4 is 5.46 Å². The number of esters is 1. The van der Waals surface area contributed by atoms with E-state index in [1.165, 1.54) is 11.8 Å². The van der Waals surface area contributed by atoms with Gasteiger partial charge in [-0.3, -0.25) is 0 Å². The molecule has 1 saturated heterocycles. The normalized spacial score (nSPS) is 13.9. The molecule has 0 bridgehead atoms. The molecule has 6 nitrogen and oxygen atoms in total. The first-order chi connectivity index (χ1) is 13.7. The molecule has 0 N–H and O–H groups in total. The van der Waals surface area contributed by atoms with Crippen LogP contribution in [0.3, 0.4) is 0 Å². The smallest absolute Gasteiger partial charge is 0.461 e. The molecule has 28 heavy (non-hydrogen) atoms. The molecule has 2 heterocycles. The van der Waals surface area contributed by atoms with E-state index >= 15 is 0 Å². The molecule has 1 aliphatic rings. The molecule has 0 amide bonds. The summed E-state index contributed by atoms with van der Waals surface area (Å²) in [7, 11) is -0.277. The molecule has 1 aliphatic heterocycles. The SMILES string of the molecule is CCCCc1nc(SC)c(C(=O)OCC)n1Cc1ccc(B2OCCO2)cc1. The van der Waals surface area contributed by atoms with E-state index in [1.54, 1.807) is 0 Å². The van der Waals surface area contributed by atoms with Gasteiger partial charge in [0.25, 0.3) is 0 Å². The number of carbonyl (C=O) groups is 1. The second kappa shape index (κ2) is 10.1. The van der Waals surface area contributed by atoms with Gasteiger partial charge in [-0.2, -0.15) is 0 Å². The van der Waals surface area contributed by atoms with Crippen molar-refractivity contribution in [3.8, 4) is 0 Å². The van der Waals surface area contributed by atoms with Crippen LogP contribution in [0.25, 0.3) is 0 Å².